The van der Waals surface area contributed by atoms with E-state index in [1.54, 1.807) is 19.1 Å². The molecule has 0 saturated carbocycles. The fourth-order valence-corrected chi connectivity index (χ4v) is 5.48. The van der Waals surface area contributed by atoms with E-state index < -0.39 is 98.8 Å². The highest BCUT2D eigenvalue weighted by atomic mass is 16.8. The Morgan fingerprint density at radius 1 is 0.875 bits per heavy atom. The number of ether oxygens (including phenoxy) is 7. The lowest BCUT2D eigenvalue weighted by Crippen LogP contribution is -2.62. The van der Waals surface area contributed by atoms with E-state index >= 15 is 0 Å². The third-order valence-corrected chi connectivity index (χ3v) is 8.28. The molecule has 0 spiro atoms. The smallest absolute Gasteiger partial charge is 0.337 e. The molecule has 3 heterocycles. The summed E-state index contributed by atoms with van der Waals surface area (Å²) in [7, 11) is 1.15. The minimum atomic E-state index is -1.83. The van der Waals surface area contributed by atoms with Crippen LogP contribution in [0.4, 0.5) is 0 Å². The van der Waals surface area contributed by atoms with Gasteiger partial charge < -0.3 is 74.0 Å². The van der Waals surface area contributed by atoms with Crippen LogP contribution < -0.4 is 0 Å². The highest BCUT2D eigenvalue weighted by Gasteiger charge is 2.49. The number of allylic oxidation sites excluding steroid dienone is 1. The predicted molar refractivity (Wildman–Crippen MR) is 157 cm³/mol. The number of methoxy groups -OCH3 is 1. The first-order chi connectivity index (χ1) is 22.9. The summed E-state index contributed by atoms with van der Waals surface area (Å²) in [5, 5.41) is 80.9. The van der Waals surface area contributed by atoms with Gasteiger partial charge in [-0.2, -0.15) is 0 Å². The van der Waals surface area contributed by atoms with Crippen molar-refractivity contribution >= 4 is 11.9 Å². The average molecular weight is 687 g/mol. The van der Waals surface area contributed by atoms with Crippen molar-refractivity contribution in [3.05, 3.63) is 53.3 Å². The number of phenolic OH excluding ortho intramolecular Hbond substituents is 1. The SMILES string of the molecule is C/C=C1/[C@H](O[C@@H]2O[C@H](CO[C@@H]3O[C@H](CO)[C@@H](O)[C@H](O)[C@H]3O)[C@@H](O)[C@H](O)[C@H]2O)OC=C(C(=O)OC)[C@H]1CC(=O)OCCc1ccc(O)cc1. The third kappa shape index (κ3) is 8.68. The molecule has 1 aromatic carbocycles. The molecule has 17 heteroatoms. The fourth-order valence-electron chi connectivity index (χ4n) is 5.48. The number of hydrogen-bond acceptors (Lipinski definition) is 17. The quantitative estimate of drug-likeness (QED) is 0.0834. The van der Waals surface area contributed by atoms with Crippen molar-refractivity contribution in [3.8, 4) is 5.75 Å². The Balaban J connectivity index is 1.42. The van der Waals surface area contributed by atoms with Crippen LogP contribution in [0.3, 0.4) is 0 Å². The molecular formula is C31H42O17. The van der Waals surface area contributed by atoms with E-state index in [1.165, 1.54) is 18.2 Å². The highest BCUT2D eigenvalue weighted by molar-refractivity contribution is 5.90. The van der Waals surface area contributed by atoms with Crippen LogP contribution >= 0.6 is 0 Å². The van der Waals surface area contributed by atoms with E-state index in [-0.39, 0.29) is 29.9 Å². The molecular weight excluding hydrogens is 644 g/mol. The van der Waals surface area contributed by atoms with E-state index in [4.69, 9.17) is 33.2 Å². The van der Waals surface area contributed by atoms with Gasteiger partial charge in [0, 0.05) is 17.9 Å². The molecule has 2 saturated heterocycles. The number of aliphatic hydroxyl groups excluding tert-OH is 7. The number of rotatable bonds is 12. The van der Waals surface area contributed by atoms with Gasteiger partial charge in [-0.05, 0) is 24.6 Å². The van der Waals surface area contributed by atoms with Gasteiger partial charge >= 0.3 is 11.9 Å². The molecule has 0 aliphatic carbocycles. The topological polar surface area (TPSA) is 261 Å². The van der Waals surface area contributed by atoms with Gasteiger partial charge in [0.15, 0.2) is 12.6 Å². The van der Waals surface area contributed by atoms with Gasteiger partial charge in [-0.3, -0.25) is 4.79 Å². The number of carbonyl (C=O) groups is 2. The summed E-state index contributed by atoms with van der Waals surface area (Å²) in [6.07, 6.45) is -15.1. The highest BCUT2D eigenvalue weighted by Crippen LogP contribution is 2.36. The molecule has 48 heavy (non-hydrogen) atoms. The van der Waals surface area contributed by atoms with E-state index in [9.17, 15) is 50.4 Å². The molecule has 2 fully saturated rings. The Bertz CT molecular complexity index is 1280. The van der Waals surface area contributed by atoms with Gasteiger partial charge in [0.05, 0.1) is 45.2 Å². The molecule has 268 valence electrons. The van der Waals surface area contributed by atoms with E-state index in [0.29, 0.717) is 6.42 Å². The van der Waals surface area contributed by atoms with E-state index in [2.05, 4.69) is 0 Å². The van der Waals surface area contributed by atoms with Crippen molar-refractivity contribution in [2.24, 2.45) is 5.92 Å². The molecule has 3 aliphatic rings. The minimum absolute atomic E-state index is 0.0180. The number of carbonyl (C=O) groups excluding carboxylic acids is 2. The normalized spacial score (nSPS) is 36.2. The Labute approximate surface area is 275 Å². The number of phenols is 1. The summed E-state index contributed by atoms with van der Waals surface area (Å²) in [5.41, 5.74) is 1.05. The molecule has 1 aromatic rings. The maximum atomic E-state index is 12.9. The number of benzene rings is 1. The van der Waals surface area contributed by atoms with Gasteiger partial charge in [0.2, 0.25) is 6.29 Å². The van der Waals surface area contributed by atoms with Crippen LogP contribution in [-0.4, -0.2) is 147 Å². The van der Waals surface area contributed by atoms with E-state index in [1.807, 2.05) is 0 Å². The first kappa shape index (κ1) is 37.6. The monoisotopic (exact) mass is 686 g/mol. The standard InChI is InChI=1S/C31H42O17/c1-3-16-17(10-21(34)43-9-8-14-4-6-15(33)7-5-14)18(28(41)42-2)12-44-29(16)48-31-27(40)25(38)23(36)20(47-31)13-45-30-26(39)24(37)22(35)19(11-32)46-30/h3-7,12,17,19-20,22-27,29-33,35-40H,8-11,13H2,1-2H3/b16-3+/t17-,19+,20+,22+,23+,24-,25-,26+,27+,29-,30+,31-/m0/s1. The first-order valence-corrected chi connectivity index (χ1v) is 15.2. The van der Waals surface area contributed by atoms with Crippen LogP contribution in [0.15, 0.2) is 47.7 Å². The summed E-state index contributed by atoms with van der Waals surface area (Å²) in [4.78, 5) is 25.5. The first-order valence-electron chi connectivity index (χ1n) is 15.2. The Kier molecular flexibility index (Phi) is 13.3. The average Bonchev–Trinajstić information content (AvgIpc) is 3.08. The van der Waals surface area contributed by atoms with Gasteiger partial charge in [-0.25, -0.2) is 4.79 Å². The Hall–Kier alpha value is -3.20. The molecule has 0 amide bonds. The maximum absolute atomic E-state index is 12.9. The molecule has 8 N–H and O–H groups in total. The summed E-state index contributed by atoms with van der Waals surface area (Å²) < 4.78 is 38.1. The third-order valence-electron chi connectivity index (χ3n) is 8.28. The van der Waals surface area contributed by atoms with Crippen molar-refractivity contribution in [1.82, 2.24) is 0 Å². The molecule has 0 unspecified atom stereocenters. The zero-order chi connectivity index (χ0) is 35.1. The van der Waals surface area contributed by atoms with E-state index in [0.717, 1.165) is 18.9 Å². The number of aliphatic hydroxyl groups is 7. The van der Waals surface area contributed by atoms with Crippen LogP contribution in [0.1, 0.15) is 18.9 Å². The summed E-state index contributed by atoms with van der Waals surface area (Å²) in [6, 6.07) is 6.38. The predicted octanol–water partition coefficient (Wildman–Crippen LogP) is -2.52. The molecule has 12 atom stereocenters. The zero-order valence-corrected chi connectivity index (χ0v) is 26.2. The molecule has 0 aromatic heterocycles. The lowest BCUT2D eigenvalue weighted by Gasteiger charge is -2.43. The summed E-state index contributed by atoms with van der Waals surface area (Å²) in [6.45, 7) is 0.324. The molecule has 0 bridgehead atoms. The van der Waals surface area contributed by atoms with Gasteiger partial charge in [0.25, 0.3) is 0 Å². The largest absolute Gasteiger partial charge is 0.508 e. The summed E-state index contributed by atoms with van der Waals surface area (Å²) >= 11 is 0. The van der Waals surface area contributed by atoms with Crippen LogP contribution in [0.5, 0.6) is 5.75 Å². The van der Waals surface area contributed by atoms with Crippen LogP contribution in [0.2, 0.25) is 0 Å². The molecule has 0 radical (unpaired) electrons. The second-order valence-electron chi connectivity index (χ2n) is 11.4. The Morgan fingerprint density at radius 2 is 1.50 bits per heavy atom. The molecule has 4 rings (SSSR count). The second-order valence-corrected chi connectivity index (χ2v) is 11.4. The lowest BCUT2D eigenvalue weighted by molar-refractivity contribution is -0.344. The summed E-state index contributed by atoms with van der Waals surface area (Å²) in [5.74, 6) is -2.30. The number of esters is 2. The lowest BCUT2D eigenvalue weighted by atomic mass is 9.86. The van der Waals surface area contributed by atoms with Gasteiger partial charge in [0.1, 0.15) is 54.6 Å². The van der Waals surface area contributed by atoms with Crippen molar-refractivity contribution < 1.29 is 83.6 Å². The minimum Gasteiger partial charge on any atom is -0.508 e. The number of hydrogen-bond donors (Lipinski definition) is 8. The van der Waals surface area contributed by atoms with Crippen LogP contribution in [0, 0.1) is 5.92 Å². The number of aromatic hydroxyl groups is 1. The van der Waals surface area contributed by atoms with Gasteiger partial charge in [-0.15, -0.1) is 0 Å². The van der Waals surface area contributed by atoms with Crippen LogP contribution in [0.25, 0.3) is 0 Å². The Morgan fingerprint density at radius 3 is 2.12 bits per heavy atom. The molecule has 3 aliphatic heterocycles. The fraction of sp³-hybridized carbons (Fsp3) is 0.613. The van der Waals surface area contributed by atoms with Crippen molar-refractivity contribution in [2.45, 2.75) is 87.5 Å². The van der Waals surface area contributed by atoms with Crippen LogP contribution in [-0.2, 0) is 49.2 Å². The zero-order valence-electron chi connectivity index (χ0n) is 26.2. The van der Waals surface area contributed by atoms with Gasteiger partial charge in [-0.1, -0.05) is 18.2 Å². The van der Waals surface area contributed by atoms with Crippen molar-refractivity contribution in [2.75, 3.05) is 26.9 Å². The van der Waals surface area contributed by atoms with Crippen molar-refractivity contribution in [1.29, 1.82) is 0 Å². The molecule has 17 nitrogen and oxygen atoms in total. The van der Waals surface area contributed by atoms with Crippen molar-refractivity contribution in [3.63, 3.8) is 0 Å². The second kappa shape index (κ2) is 17.0. The maximum Gasteiger partial charge on any atom is 0.337 e.